The largest absolute Gasteiger partial charge is 0.373 e. The number of anilines is 1. The fourth-order valence-electron chi connectivity index (χ4n) is 4.15. The Morgan fingerprint density at radius 1 is 1.24 bits per heavy atom. The third-order valence-corrected chi connectivity index (χ3v) is 6.68. The number of rotatable bonds is 3. The van der Waals surface area contributed by atoms with Gasteiger partial charge >= 0.3 is 0 Å². The molecule has 2 aromatic heterocycles. The number of fused-ring (bicyclic) bond motifs is 1. The van der Waals surface area contributed by atoms with Crippen LogP contribution in [-0.4, -0.2) is 56.7 Å². The van der Waals surface area contributed by atoms with Gasteiger partial charge in [-0.2, -0.15) is 0 Å². The quantitative estimate of drug-likeness (QED) is 0.830. The van der Waals surface area contributed by atoms with Crippen molar-refractivity contribution in [3.05, 3.63) is 33.2 Å². The van der Waals surface area contributed by atoms with Crippen molar-refractivity contribution in [1.29, 1.82) is 0 Å². The predicted molar refractivity (Wildman–Crippen MR) is 111 cm³/mol. The zero-order valence-corrected chi connectivity index (χ0v) is 17.9. The monoisotopic (exact) mass is 414 g/mol. The number of likely N-dealkylation sites (tertiary alicyclic amines) is 1. The summed E-state index contributed by atoms with van der Waals surface area (Å²) in [5, 5.41) is 3.19. The average Bonchev–Trinajstić information content (AvgIpc) is 3.17. The number of thiazole rings is 1. The van der Waals surface area contributed by atoms with Crippen molar-refractivity contribution in [3.63, 3.8) is 0 Å². The van der Waals surface area contributed by atoms with Crippen LogP contribution in [0.25, 0.3) is 0 Å². The number of nitrogens with zero attached hydrogens (tertiary/aromatic N) is 5. The van der Waals surface area contributed by atoms with E-state index >= 15 is 0 Å². The Morgan fingerprint density at radius 2 is 2.07 bits per heavy atom. The molecule has 2 amide bonds. The normalized spacial score (nSPS) is 19.1. The SMILES string of the molecule is CNc1nc(C2CCCCN2C(=O)c2scnc2C)nc2c1CCN(C(C)=O)C2. The minimum atomic E-state index is -0.164. The van der Waals surface area contributed by atoms with Gasteiger partial charge in [-0.1, -0.05) is 0 Å². The summed E-state index contributed by atoms with van der Waals surface area (Å²) in [6.45, 7) is 5.32. The second-order valence-corrected chi connectivity index (χ2v) is 8.43. The van der Waals surface area contributed by atoms with Crippen LogP contribution in [0.4, 0.5) is 5.82 Å². The molecular weight excluding hydrogens is 388 g/mol. The van der Waals surface area contributed by atoms with Crippen LogP contribution in [0.5, 0.6) is 0 Å². The molecule has 29 heavy (non-hydrogen) atoms. The summed E-state index contributed by atoms with van der Waals surface area (Å²) in [6.07, 6.45) is 3.58. The lowest BCUT2D eigenvalue weighted by Gasteiger charge is -2.36. The standard InChI is InChI=1S/C20H26N6O2S/c1-12-17(29-11-22-12)20(28)26-8-5-4-6-16(26)19-23-15-10-25(13(2)27)9-7-14(15)18(21-3)24-19/h11,16H,4-10H2,1-3H3,(H,21,23,24). The van der Waals surface area contributed by atoms with Gasteiger partial charge < -0.3 is 15.1 Å². The number of amides is 2. The van der Waals surface area contributed by atoms with Crippen LogP contribution in [0.15, 0.2) is 5.51 Å². The molecule has 1 N–H and O–H groups in total. The molecule has 1 saturated heterocycles. The van der Waals surface area contributed by atoms with Gasteiger partial charge in [0, 0.05) is 32.6 Å². The summed E-state index contributed by atoms with van der Waals surface area (Å²) >= 11 is 1.38. The van der Waals surface area contributed by atoms with Gasteiger partial charge in [-0.15, -0.1) is 11.3 Å². The predicted octanol–water partition coefficient (Wildman–Crippen LogP) is 2.56. The summed E-state index contributed by atoms with van der Waals surface area (Å²) in [6, 6.07) is -0.164. The Morgan fingerprint density at radius 3 is 2.76 bits per heavy atom. The van der Waals surface area contributed by atoms with Crippen molar-refractivity contribution in [2.24, 2.45) is 0 Å². The van der Waals surface area contributed by atoms with Crippen LogP contribution < -0.4 is 5.32 Å². The lowest BCUT2D eigenvalue weighted by atomic mass is 9.99. The maximum atomic E-state index is 13.2. The number of hydrogen-bond acceptors (Lipinski definition) is 7. The second kappa shape index (κ2) is 8.06. The van der Waals surface area contributed by atoms with E-state index < -0.39 is 0 Å². The van der Waals surface area contributed by atoms with Crippen LogP contribution in [0.3, 0.4) is 0 Å². The molecule has 9 heteroatoms. The highest BCUT2D eigenvalue weighted by Gasteiger charge is 2.34. The number of piperidine rings is 1. The van der Waals surface area contributed by atoms with Crippen LogP contribution in [0.1, 0.15) is 64.7 Å². The minimum absolute atomic E-state index is 0.00684. The average molecular weight is 415 g/mol. The first-order chi connectivity index (χ1) is 14.0. The summed E-state index contributed by atoms with van der Waals surface area (Å²) in [4.78, 5) is 43.4. The molecule has 0 saturated carbocycles. The molecule has 1 fully saturated rings. The lowest BCUT2D eigenvalue weighted by Crippen LogP contribution is -2.40. The molecule has 0 aromatic carbocycles. The van der Waals surface area contributed by atoms with Gasteiger partial charge in [0.1, 0.15) is 10.7 Å². The minimum Gasteiger partial charge on any atom is -0.373 e. The third kappa shape index (κ3) is 3.71. The van der Waals surface area contributed by atoms with E-state index in [-0.39, 0.29) is 17.9 Å². The lowest BCUT2D eigenvalue weighted by molar-refractivity contribution is -0.129. The first-order valence-corrected chi connectivity index (χ1v) is 10.9. The van der Waals surface area contributed by atoms with Crippen molar-refractivity contribution >= 4 is 29.0 Å². The Labute approximate surface area is 174 Å². The number of hydrogen-bond donors (Lipinski definition) is 1. The number of carbonyl (C=O) groups excluding carboxylic acids is 2. The zero-order valence-electron chi connectivity index (χ0n) is 17.1. The maximum absolute atomic E-state index is 13.2. The summed E-state index contributed by atoms with van der Waals surface area (Å²) in [5.74, 6) is 1.53. The molecule has 1 atom stereocenters. The summed E-state index contributed by atoms with van der Waals surface area (Å²) in [5.41, 5.74) is 4.43. The molecule has 2 aliphatic rings. The number of aryl methyl sites for hydroxylation is 1. The van der Waals surface area contributed by atoms with Crippen molar-refractivity contribution in [1.82, 2.24) is 24.8 Å². The van der Waals surface area contributed by atoms with Crippen molar-refractivity contribution in [2.45, 2.75) is 52.1 Å². The Balaban J connectivity index is 1.70. The van der Waals surface area contributed by atoms with Crippen LogP contribution in [0, 0.1) is 6.92 Å². The summed E-state index contributed by atoms with van der Waals surface area (Å²) < 4.78 is 0. The molecular formula is C20H26N6O2S. The number of carbonyl (C=O) groups is 2. The second-order valence-electron chi connectivity index (χ2n) is 7.57. The van der Waals surface area contributed by atoms with E-state index in [0.717, 1.165) is 48.5 Å². The molecule has 0 bridgehead atoms. The van der Waals surface area contributed by atoms with Gasteiger partial charge in [-0.05, 0) is 32.6 Å². The highest BCUT2D eigenvalue weighted by Crippen LogP contribution is 2.34. The molecule has 2 aliphatic heterocycles. The Hall–Kier alpha value is -2.55. The van der Waals surface area contributed by atoms with Crippen molar-refractivity contribution < 1.29 is 9.59 Å². The Kier molecular flexibility index (Phi) is 5.49. The van der Waals surface area contributed by atoms with E-state index in [1.54, 1.807) is 12.4 Å². The van der Waals surface area contributed by atoms with E-state index in [1.807, 2.05) is 23.8 Å². The summed E-state index contributed by atoms with van der Waals surface area (Å²) in [7, 11) is 1.86. The fourth-order valence-corrected chi connectivity index (χ4v) is 4.91. The van der Waals surface area contributed by atoms with Crippen LogP contribution in [-0.2, 0) is 17.8 Å². The highest BCUT2D eigenvalue weighted by atomic mass is 32.1. The fraction of sp³-hybridized carbons (Fsp3) is 0.550. The van der Waals surface area contributed by atoms with Gasteiger partial charge in [0.2, 0.25) is 5.91 Å². The molecule has 2 aromatic rings. The number of nitrogens with one attached hydrogen (secondary N) is 1. The Bertz CT molecular complexity index is 943. The molecule has 0 radical (unpaired) electrons. The third-order valence-electron chi connectivity index (χ3n) is 5.77. The zero-order chi connectivity index (χ0) is 20.5. The maximum Gasteiger partial charge on any atom is 0.266 e. The smallest absolute Gasteiger partial charge is 0.266 e. The van der Waals surface area contributed by atoms with Gasteiger partial charge in [0.15, 0.2) is 5.82 Å². The van der Waals surface area contributed by atoms with Crippen molar-refractivity contribution in [3.8, 4) is 0 Å². The van der Waals surface area contributed by atoms with Crippen LogP contribution >= 0.6 is 11.3 Å². The molecule has 8 nitrogen and oxygen atoms in total. The van der Waals surface area contributed by atoms with E-state index in [9.17, 15) is 9.59 Å². The number of aromatic nitrogens is 3. The van der Waals surface area contributed by atoms with Gasteiger partial charge in [0.25, 0.3) is 5.91 Å². The first-order valence-electron chi connectivity index (χ1n) is 10.0. The highest BCUT2D eigenvalue weighted by molar-refractivity contribution is 7.11. The van der Waals surface area contributed by atoms with Crippen molar-refractivity contribution in [2.75, 3.05) is 25.5 Å². The van der Waals surface area contributed by atoms with E-state index in [0.29, 0.717) is 30.3 Å². The topological polar surface area (TPSA) is 91.3 Å². The van der Waals surface area contributed by atoms with Crippen LogP contribution in [0.2, 0.25) is 0 Å². The molecule has 154 valence electrons. The molecule has 4 heterocycles. The van der Waals surface area contributed by atoms with E-state index in [4.69, 9.17) is 9.97 Å². The van der Waals surface area contributed by atoms with Gasteiger partial charge in [-0.3, -0.25) is 9.59 Å². The van der Waals surface area contributed by atoms with Gasteiger partial charge in [-0.25, -0.2) is 15.0 Å². The van der Waals surface area contributed by atoms with E-state index in [2.05, 4.69) is 10.3 Å². The molecule has 1 unspecified atom stereocenters. The molecule has 4 rings (SSSR count). The molecule has 0 aliphatic carbocycles. The first kappa shape index (κ1) is 19.8. The molecule has 0 spiro atoms. The van der Waals surface area contributed by atoms with Gasteiger partial charge in [0.05, 0.1) is 29.5 Å². The van der Waals surface area contributed by atoms with E-state index in [1.165, 1.54) is 11.3 Å².